The molecule has 5 nitrogen and oxygen atoms in total. The lowest BCUT2D eigenvalue weighted by Crippen LogP contribution is -2.51. The third-order valence-corrected chi connectivity index (χ3v) is 6.77. The lowest BCUT2D eigenvalue weighted by Gasteiger charge is -2.31. The second-order valence-electron chi connectivity index (χ2n) is 8.85. The van der Waals surface area contributed by atoms with Gasteiger partial charge in [-0.1, -0.05) is 54.6 Å². The van der Waals surface area contributed by atoms with Gasteiger partial charge in [0.15, 0.2) is 6.61 Å². The Morgan fingerprint density at radius 1 is 1.06 bits per heavy atom. The second-order valence-corrected chi connectivity index (χ2v) is 9.67. The highest BCUT2D eigenvalue weighted by Gasteiger charge is 2.29. The first kappa shape index (κ1) is 25.4. The van der Waals surface area contributed by atoms with Crippen LogP contribution in [0.4, 0.5) is 0 Å². The van der Waals surface area contributed by atoms with Crippen molar-refractivity contribution in [3.63, 3.8) is 0 Å². The van der Waals surface area contributed by atoms with Crippen LogP contribution in [0.2, 0.25) is 10.0 Å². The third-order valence-electron chi connectivity index (χ3n) is 6.07. The van der Waals surface area contributed by atoms with Gasteiger partial charge in [0.2, 0.25) is 5.91 Å². The summed E-state index contributed by atoms with van der Waals surface area (Å²) in [6.07, 6.45) is 5.37. The molecule has 2 aromatic carbocycles. The second kappa shape index (κ2) is 11.8. The Labute approximate surface area is 206 Å². The monoisotopic (exact) mass is 490 g/mol. The molecule has 0 aromatic heterocycles. The van der Waals surface area contributed by atoms with Gasteiger partial charge in [0.25, 0.3) is 5.91 Å². The number of halogens is 2. The minimum absolute atomic E-state index is 0.118. The minimum Gasteiger partial charge on any atom is -0.484 e. The van der Waals surface area contributed by atoms with Gasteiger partial charge in [0.05, 0.1) is 0 Å². The molecular formula is C26H32Cl2N2O3. The predicted molar refractivity (Wildman–Crippen MR) is 133 cm³/mol. The SMILES string of the molecule is Cc1cc(C)cc(OCC(=O)N(Cc2c(Cl)cccc2Cl)[C@H](C)C(=O)NC2CCCCC2)c1. The van der Waals surface area contributed by atoms with E-state index in [4.69, 9.17) is 27.9 Å². The first-order chi connectivity index (χ1) is 15.7. The molecule has 1 aliphatic rings. The maximum absolute atomic E-state index is 13.3. The summed E-state index contributed by atoms with van der Waals surface area (Å²) < 4.78 is 5.80. The zero-order chi connectivity index (χ0) is 24.0. The number of carbonyl (C=O) groups excluding carboxylic acids is 2. The standard InChI is InChI=1S/C26H32Cl2N2O3/c1-17-12-18(2)14-21(13-17)33-16-25(31)30(15-22-23(27)10-7-11-24(22)28)19(3)26(32)29-20-8-5-4-6-9-20/h7,10-14,19-20H,4-6,8-9,15-16H2,1-3H3,(H,29,32)/t19-/m1/s1. The molecule has 0 aliphatic heterocycles. The first-order valence-corrected chi connectivity index (χ1v) is 12.2. The van der Waals surface area contributed by atoms with Gasteiger partial charge >= 0.3 is 0 Å². The predicted octanol–water partition coefficient (Wildman–Crippen LogP) is 5.86. The van der Waals surface area contributed by atoms with Crippen molar-refractivity contribution in [2.45, 2.75) is 71.5 Å². The van der Waals surface area contributed by atoms with Crippen LogP contribution in [-0.2, 0) is 16.1 Å². The maximum Gasteiger partial charge on any atom is 0.261 e. The summed E-state index contributed by atoms with van der Waals surface area (Å²) in [4.78, 5) is 27.8. The smallest absolute Gasteiger partial charge is 0.261 e. The normalized spacial score (nSPS) is 15.1. The van der Waals surface area contributed by atoms with Crippen molar-refractivity contribution in [1.29, 1.82) is 0 Å². The van der Waals surface area contributed by atoms with Crippen molar-refractivity contribution in [3.8, 4) is 5.75 Å². The summed E-state index contributed by atoms with van der Waals surface area (Å²) in [5.74, 6) is 0.136. The number of hydrogen-bond donors (Lipinski definition) is 1. The van der Waals surface area contributed by atoms with E-state index in [1.807, 2.05) is 32.0 Å². The number of aryl methyl sites for hydroxylation is 2. The molecule has 2 amide bonds. The molecule has 178 valence electrons. The van der Waals surface area contributed by atoms with Crippen LogP contribution in [-0.4, -0.2) is 35.4 Å². The Bertz CT molecular complexity index is 949. The summed E-state index contributed by atoms with van der Waals surface area (Å²) in [6, 6.07) is 10.5. The van der Waals surface area contributed by atoms with E-state index in [-0.39, 0.29) is 31.0 Å². The van der Waals surface area contributed by atoms with Crippen LogP contribution in [0, 0.1) is 13.8 Å². The summed E-state index contributed by atoms with van der Waals surface area (Å²) in [6.45, 7) is 5.62. The average molecular weight is 491 g/mol. The molecule has 7 heteroatoms. The van der Waals surface area contributed by atoms with E-state index in [0.29, 0.717) is 21.4 Å². The number of benzene rings is 2. The van der Waals surface area contributed by atoms with Crippen LogP contribution >= 0.6 is 23.2 Å². The molecule has 1 fully saturated rings. The molecule has 33 heavy (non-hydrogen) atoms. The highest BCUT2D eigenvalue weighted by Crippen LogP contribution is 2.27. The van der Waals surface area contributed by atoms with Crippen molar-refractivity contribution in [2.75, 3.05) is 6.61 Å². The van der Waals surface area contributed by atoms with E-state index in [2.05, 4.69) is 5.32 Å². The Kier molecular flexibility index (Phi) is 9.04. The van der Waals surface area contributed by atoms with E-state index < -0.39 is 6.04 Å². The zero-order valence-corrected chi connectivity index (χ0v) is 21.0. The fourth-order valence-corrected chi connectivity index (χ4v) is 4.77. The van der Waals surface area contributed by atoms with Gasteiger partial charge in [-0.15, -0.1) is 0 Å². The number of hydrogen-bond acceptors (Lipinski definition) is 3. The van der Waals surface area contributed by atoms with Gasteiger partial charge in [0.1, 0.15) is 11.8 Å². The molecule has 1 saturated carbocycles. The molecule has 1 atom stereocenters. The molecule has 0 heterocycles. The number of rotatable bonds is 8. The van der Waals surface area contributed by atoms with Crippen molar-refractivity contribution in [3.05, 3.63) is 63.1 Å². The number of nitrogens with zero attached hydrogens (tertiary/aromatic N) is 1. The lowest BCUT2D eigenvalue weighted by molar-refractivity contribution is -0.142. The largest absolute Gasteiger partial charge is 0.484 e. The third kappa shape index (κ3) is 7.12. The molecule has 0 saturated heterocycles. The van der Waals surface area contributed by atoms with E-state index >= 15 is 0 Å². The topological polar surface area (TPSA) is 58.6 Å². The molecule has 1 N–H and O–H groups in total. The highest BCUT2D eigenvalue weighted by atomic mass is 35.5. The molecule has 1 aliphatic carbocycles. The van der Waals surface area contributed by atoms with Crippen LogP contribution in [0.3, 0.4) is 0 Å². The van der Waals surface area contributed by atoms with Crippen LogP contribution in [0.25, 0.3) is 0 Å². The molecular weight excluding hydrogens is 459 g/mol. The Morgan fingerprint density at radius 3 is 2.27 bits per heavy atom. The molecule has 0 unspecified atom stereocenters. The van der Waals surface area contributed by atoms with Gasteiger partial charge in [0, 0.05) is 28.2 Å². The Hall–Kier alpha value is -2.24. The van der Waals surface area contributed by atoms with Gasteiger partial charge in [-0.3, -0.25) is 9.59 Å². The van der Waals surface area contributed by atoms with Crippen molar-refractivity contribution < 1.29 is 14.3 Å². The fraction of sp³-hybridized carbons (Fsp3) is 0.462. The van der Waals surface area contributed by atoms with Crippen molar-refractivity contribution >= 4 is 35.0 Å². The maximum atomic E-state index is 13.3. The number of amides is 2. The van der Waals surface area contributed by atoms with Gasteiger partial charge < -0.3 is 15.0 Å². The lowest BCUT2D eigenvalue weighted by atomic mass is 9.95. The minimum atomic E-state index is -0.699. The zero-order valence-electron chi connectivity index (χ0n) is 19.5. The van der Waals surface area contributed by atoms with Gasteiger partial charge in [-0.2, -0.15) is 0 Å². The Balaban J connectivity index is 1.77. The van der Waals surface area contributed by atoms with E-state index in [1.54, 1.807) is 25.1 Å². The summed E-state index contributed by atoms with van der Waals surface area (Å²) in [7, 11) is 0. The highest BCUT2D eigenvalue weighted by molar-refractivity contribution is 6.36. The van der Waals surface area contributed by atoms with E-state index in [1.165, 1.54) is 11.3 Å². The summed E-state index contributed by atoms with van der Waals surface area (Å²) >= 11 is 12.7. The molecule has 0 bridgehead atoms. The average Bonchev–Trinajstić information content (AvgIpc) is 2.77. The van der Waals surface area contributed by atoms with Crippen LogP contribution in [0.15, 0.2) is 36.4 Å². The quantitative estimate of drug-likeness (QED) is 0.504. The first-order valence-electron chi connectivity index (χ1n) is 11.5. The number of carbonyl (C=O) groups is 2. The molecule has 3 rings (SSSR count). The molecule has 0 radical (unpaired) electrons. The summed E-state index contributed by atoms with van der Waals surface area (Å²) in [5.41, 5.74) is 2.72. The van der Waals surface area contributed by atoms with Crippen LogP contribution < -0.4 is 10.1 Å². The number of ether oxygens (including phenoxy) is 1. The fourth-order valence-electron chi connectivity index (χ4n) is 4.25. The van der Waals surface area contributed by atoms with Gasteiger partial charge in [-0.05, 0) is 69.0 Å². The molecule has 0 spiro atoms. The summed E-state index contributed by atoms with van der Waals surface area (Å²) in [5, 5.41) is 4.03. The van der Waals surface area contributed by atoms with Crippen LogP contribution in [0.5, 0.6) is 5.75 Å². The van der Waals surface area contributed by atoms with Crippen molar-refractivity contribution in [2.24, 2.45) is 0 Å². The Morgan fingerprint density at radius 2 is 1.67 bits per heavy atom. The van der Waals surface area contributed by atoms with Crippen LogP contribution in [0.1, 0.15) is 55.7 Å². The van der Waals surface area contributed by atoms with E-state index in [0.717, 1.165) is 36.8 Å². The van der Waals surface area contributed by atoms with Gasteiger partial charge in [-0.25, -0.2) is 0 Å². The molecule has 2 aromatic rings. The van der Waals surface area contributed by atoms with E-state index in [9.17, 15) is 9.59 Å². The number of nitrogens with one attached hydrogen (secondary N) is 1. The van der Waals surface area contributed by atoms with Crippen molar-refractivity contribution in [1.82, 2.24) is 10.2 Å².